The average molecular weight is 165 g/mol. The molecule has 0 saturated carbocycles. The number of rotatable bonds is 2. The van der Waals surface area contributed by atoms with Crippen molar-refractivity contribution in [1.29, 1.82) is 0 Å². The highest BCUT2D eigenvalue weighted by Crippen LogP contribution is 2.26. The molecule has 2 heteroatoms. The molecule has 0 aliphatic heterocycles. The molecule has 0 aliphatic carbocycles. The van der Waals surface area contributed by atoms with Crippen LogP contribution in [0.1, 0.15) is 11.1 Å². The van der Waals surface area contributed by atoms with Crippen molar-refractivity contribution in [2.24, 2.45) is 0 Å². The van der Waals surface area contributed by atoms with E-state index in [9.17, 15) is 0 Å². The maximum atomic E-state index is 5.25. The van der Waals surface area contributed by atoms with E-state index < -0.39 is 0 Å². The summed E-state index contributed by atoms with van der Waals surface area (Å²) in [4.78, 5) is 0. The number of ether oxygens (including phenoxy) is 1. The van der Waals surface area contributed by atoms with Crippen molar-refractivity contribution < 1.29 is 4.74 Å². The van der Waals surface area contributed by atoms with Crippen LogP contribution in [0.3, 0.4) is 0 Å². The number of nitrogens with one attached hydrogen (secondary N) is 1. The van der Waals surface area contributed by atoms with E-state index in [1.807, 2.05) is 20.9 Å². The van der Waals surface area contributed by atoms with Gasteiger partial charge in [-0.05, 0) is 37.1 Å². The van der Waals surface area contributed by atoms with E-state index >= 15 is 0 Å². The molecule has 0 fully saturated rings. The van der Waals surface area contributed by atoms with Gasteiger partial charge in [0.05, 0.1) is 7.11 Å². The molecule has 1 aromatic carbocycles. The topological polar surface area (TPSA) is 21.3 Å². The fourth-order valence-electron chi connectivity index (χ4n) is 1.42. The highest BCUT2D eigenvalue weighted by atomic mass is 16.5. The van der Waals surface area contributed by atoms with Crippen LogP contribution < -0.4 is 10.1 Å². The summed E-state index contributed by atoms with van der Waals surface area (Å²) in [5.41, 5.74) is 3.47. The van der Waals surface area contributed by atoms with E-state index in [4.69, 9.17) is 4.74 Å². The van der Waals surface area contributed by atoms with Crippen molar-refractivity contribution in [3.8, 4) is 5.75 Å². The highest BCUT2D eigenvalue weighted by molar-refractivity contribution is 5.54. The molecule has 0 aliphatic rings. The maximum Gasteiger partial charge on any atom is 0.124 e. The molecule has 66 valence electrons. The third kappa shape index (κ3) is 1.52. The lowest BCUT2D eigenvalue weighted by atomic mass is 10.1. The van der Waals surface area contributed by atoms with Crippen LogP contribution in [-0.4, -0.2) is 14.2 Å². The van der Waals surface area contributed by atoms with Crippen molar-refractivity contribution in [2.75, 3.05) is 19.5 Å². The molecule has 12 heavy (non-hydrogen) atoms. The fourth-order valence-corrected chi connectivity index (χ4v) is 1.42. The SMILES string of the molecule is CNc1cc(C)c(OC)c(C)c1. The first-order valence-corrected chi connectivity index (χ1v) is 4.02. The summed E-state index contributed by atoms with van der Waals surface area (Å²) in [5, 5.41) is 3.10. The molecule has 0 aromatic heterocycles. The summed E-state index contributed by atoms with van der Waals surface area (Å²) in [6.07, 6.45) is 0. The number of methoxy groups -OCH3 is 1. The molecule has 0 radical (unpaired) electrons. The molecule has 0 unspecified atom stereocenters. The van der Waals surface area contributed by atoms with Crippen molar-refractivity contribution in [3.63, 3.8) is 0 Å². The average Bonchev–Trinajstić information content (AvgIpc) is 2.03. The van der Waals surface area contributed by atoms with E-state index in [2.05, 4.69) is 17.4 Å². The Morgan fingerprint density at radius 2 is 1.67 bits per heavy atom. The molecule has 0 saturated heterocycles. The van der Waals surface area contributed by atoms with Gasteiger partial charge in [0.15, 0.2) is 0 Å². The molecule has 1 N–H and O–H groups in total. The monoisotopic (exact) mass is 165 g/mol. The lowest BCUT2D eigenvalue weighted by Crippen LogP contribution is -1.94. The van der Waals surface area contributed by atoms with Crippen LogP contribution >= 0.6 is 0 Å². The summed E-state index contributed by atoms with van der Waals surface area (Å²) in [7, 11) is 3.62. The molecule has 1 rings (SSSR count). The molecule has 2 nitrogen and oxygen atoms in total. The van der Waals surface area contributed by atoms with Crippen LogP contribution in [0.2, 0.25) is 0 Å². The van der Waals surface area contributed by atoms with Gasteiger partial charge in [-0.25, -0.2) is 0 Å². The van der Waals surface area contributed by atoms with Gasteiger partial charge in [0.2, 0.25) is 0 Å². The van der Waals surface area contributed by atoms with Gasteiger partial charge in [-0.15, -0.1) is 0 Å². The Hall–Kier alpha value is -1.18. The van der Waals surface area contributed by atoms with Crippen LogP contribution in [0.5, 0.6) is 5.75 Å². The normalized spacial score (nSPS) is 9.67. The van der Waals surface area contributed by atoms with Crippen molar-refractivity contribution in [3.05, 3.63) is 23.3 Å². The van der Waals surface area contributed by atoms with Gasteiger partial charge in [0.1, 0.15) is 5.75 Å². The molecule has 0 bridgehead atoms. The van der Waals surface area contributed by atoms with Crippen LogP contribution in [0.4, 0.5) is 5.69 Å². The van der Waals surface area contributed by atoms with Gasteiger partial charge >= 0.3 is 0 Å². The molecule has 0 heterocycles. The lowest BCUT2D eigenvalue weighted by Gasteiger charge is -2.10. The molecule has 0 atom stereocenters. The number of hydrogen-bond acceptors (Lipinski definition) is 2. The smallest absolute Gasteiger partial charge is 0.124 e. The zero-order valence-corrected chi connectivity index (χ0v) is 8.06. The van der Waals surface area contributed by atoms with Gasteiger partial charge in [-0.3, -0.25) is 0 Å². The van der Waals surface area contributed by atoms with Crippen LogP contribution in [0.25, 0.3) is 0 Å². The molecule has 1 aromatic rings. The third-order valence-electron chi connectivity index (χ3n) is 1.95. The quantitative estimate of drug-likeness (QED) is 0.726. The Balaban J connectivity index is 3.18. The second-order valence-electron chi connectivity index (χ2n) is 2.89. The zero-order chi connectivity index (χ0) is 9.14. The fraction of sp³-hybridized carbons (Fsp3) is 0.400. The van der Waals surface area contributed by atoms with E-state index in [-0.39, 0.29) is 0 Å². The van der Waals surface area contributed by atoms with Gasteiger partial charge < -0.3 is 10.1 Å². The van der Waals surface area contributed by atoms with Crippen molar-refractivity contribution in [2.45, 2.75) is 13.8 Å². The molecular weight excluding hydrogens is 150 g/mol. The Morgan fingerprint density at radius 1 is 1.17 bits per heavy atom. The highest BCUT2D eigenvalue weighted by Gasteiger charge is 2.03. The minimum atomic E-state index is 0.981. The Morgan fingerprint density at radius 3 is 2.00 bits per heavy atom. The first-order chi connectivity index (χ1) is 5.69. The minimum Gasteiger partial charge on any atom is -0.496 e. The predicted molar refractivity (Wildman–Crippen MR) is 52.0 cm³/mol. The van der Waals surface area contributed by atoms with Crippen LogP contribution in [-0.2, 0) is 0 Å². The third-order valence-corrected chi connectivity index (χ3v) is 1.95. The predicted octanol–water partition coefficient (Wildman–Crippen LogP) is 2.35. The Bertz CT molecular complexity index is 258. The van der Waals surface area contributed by atoms with Crippen LogP contribution in [0.15, 0.2) is 12.1 Å². The van der Waals surface area contributed by atoms with E-state index in [0.29, 0.717) is 0 Å². The minimum absolute atomic E-state index is 0.981. The molecular formula is C10H15NO. The standard InChI is InChI=1S/C10H15NO/c1-7-5-9(11-3)6-8(2)10(7)12-4/h5-6,11H,1-4H3. The van der Waals surface area contributed by atoms with Crippen molar-refractivity contribution >= 4 is 5.69 Å². The summed E-state index contributed by atoms with van der Waals surface area (Å²) < 4.78 is 5.25. The van der Waals surface area contributed by atoms with E-state index in [0.717, 1.165) is 11.4 Å². The zero-order valence-electron chi connectivity index (χ0n) is 8.06. The Kier molecular flexibility index (Phi) is 2.58. The lowest BCUT2D eigenvalue weighted by molar-refractivity contribution is 0.408. The molecule has 0 spiro atoms. The maximum absolute atomic E-state index is 5.25. The van der Waals surface area contributed by atoms with Crippen LogP contribution in [0, 0.1) is 13.8 Å². The summed E-state index contributed by atoms with van der Waals surface area (Å²) >= 11 is 0. The first kappa shape index (κ1) is 8.91. The second-order valence-corrected chi connectivity index (χ2v) is 2.89. The van der Waals surface area contributed by atoms with E-state index in [1.165, 1.54) is 11.1 Å². The van der Waals surface area contributed by atoms with Gasteiger partial charge in [-0.2, -0.15) is 0 Å². The Labute approximate surface area is 73.6 Å². The number of hydrogen-bond donors (Lipinski definition) is 1. The second kappa shape index (κ2) is 3.48. The summed E-state index contributed by atoms with van der Waals surface area (Å²) in [5.74, 6) is 0.981. The first-order valence-electron chi connectivity index (χ1n) is 4.02. The summed E-state index contributed by atoms with van der Waals surface area (Å²) in [6, 6.07) is 4.15. The van der Waals surface area contributed by atoms with Crippen molar-refractivity contribution in [1.82, 2.24) is 0 Å². The number of aryl methyl sites for hydroxylation is 2. The molecule has 0 amide bonds. The largest absolute Gasteiger partial charge is 0.496 e. The van der Waals surface area contributed by atoms with Gasteiger partial charge in [0.25, 0.3) is 0 Å². The van der Waals surface area contributed by atoms with E-state index in [1.54, 1.807) is 7.11 Å². The van der Waals surface area contributed by atoms with Gasteiger partial charge in [-0.1, -0.05) is 0 Å². The summed E-state index contributed by atoms with van der Waals surface area (Å²) in [6.45, 7) is 4.10. The number of benzene rings is 1. The number of anilines is 1. The van der Waals surface area contributed by atoms with Gasteiger partial charge in [0, 0.05) is 12.7 Å².